The van der Waals surface area contributed by atoms with Crippen LogP contribution in [0.3, 0.4) is 0 Å². The minimum atomic E-state index is -0.480. The first-order valence-electron chi connectivity index (χ1n) is 9.86. The highest BCUT2D eigenvalue weighted by Gasteiger charge is 2.39. The summed E-state index contributed by atoms with van der Waals surface area (Å²) in [6.45, 7) is 3.17. The smallest absolute Gasteiger partial charge is 0.258 e. The summed E-state index contributed by atoms with van der Waals surface area (Å²) in [7, 11) is 3.61. The molecule has 0 radical (unpaired) electrons. The van der Waals surface area contributed by atoms with E-state index in [9.17, 15) is 9.18 Å². The summed E-state index contributed by atoms with van der Waals surface area (Å²) in [6.07, 6.45) is 3.10. The number of fused-ring (bicyclic) bond motifs is 2. The van der Waals surface area contributed by atoms with E-state index >= 15 is 0 Å². The van der Waals surface area contributed by atoms with Crippen LogP contribution in [0.25, 0.3) is 16.9 Å². The molecule has 0 amide bonds. The van der Waals surface area contributed by atoms with Gasteiger partial charge in [0.25, 0.3) is 5.56 Å². The Morgan fingerprint density at radius 2 is 2.03 bits per heavy atom. The van der Waals surface area contributed by atoms with Gasteiger partial charge in [0.05, 0.1) is 18.5 Å². The summed E-state index contributed by atoms with van der Waals surface area (Å²) >= 11 is 0. The Kier molecular flexibility index (Phi) is 4.28. The van der Waals surface area contributed by atoms with Crippen molar-refractivity contribution >= 4 is 11.3 Å². The van der Waals surface area contributed by atoms with Crippen LogP contribution in [-0.2, 0) is 0 Å². The molecule has 0 unspecified atom stereocenters. The fourth-order valence-corrected chi connectivity index (χ4v) is 4.64. The molecule has 0 saturated carbocycles. The molecule has 29 heavy (non-hydrogen) atoms. The Morgan fingerprint density at radius 3 is 2.79 bits per heavy atom. The van der Waals surface area contributed by atoms with Crippen molar-refractivity contribution in [1.29, 1.82) is 0 Å². The van der Waals surface area contributed by atoms with Gasteiger partial charge < -0.3 is 14.5 Å². The van der Waals surface area contributed by atoms with Crippen LogP contribution in [0.2, 0.25) is 0 Å². The maximum Gasteiger partial charge on any atom is 0.258 e. The first-order chi connectivity index (χ1) is 14.0. The molecule has 0 aliphatic carbocycles. The van der Waals surface area contributed by atoms with E-state index in [1.165, 1.54) is 32.2 Å². The summed E-state index contributed by atoms with van der Waals surface area (Å²) < 4.78 is 20.6. The normalized spacial score (nSPS) is 21.7. The molecular weight excluding hydrogens is 371 g/mol. The lowest BCUT2D eigenvalue weighted by Gasteiger charge is -2.22. The molecule has 0 N–H and O–H groups in total. The monoisotopic (exact) mass is 394 g/mol. The van der Waals surface area contributed by atoms with Crippen molar-refractivity contribution in [2.45, 2.75) is 12.5 Å². The van der Waals surface area contributed by atoms with E-state index in [1.807, 2.05) is 18.3 Å². The number of nitrogens with zero attached hydrogens (tertiary/aromatic N) is 4. The van der Waals surface area contributed by atoms with Crippen LogP contribution in [0.5, 0.6) is 5.75 Å². The van der Waals surface area contributed by atoms with E-state index in [2.05, 4.69) is 21.8 Å². The molecule has 4 heterocycles. The standard InChI is InChI=1S/C22H23FN4O2/c1-25-8-7-15-11-26(13-19(15)25)16-4-6-21-24-18(10-22(28)27(21)12-16)14-3-5-20(29-2)17(23)9-14/h3-6,9-10,12,15,19H,7-8,11,13H2,1-2H3/t15-,19+/m1/s1. The quantitative estimate of drug-likeness (QED) is 0.684. The van der Waals surface area contributed by atoms with Crippen LogP contribution in [-0.4, -0.2) is 54.1 Å². The molecule has 2 atom stereocenters. The third-order valence-electron chi connectivity index (χ3n) is 6.28. The minimum absolute atomic E-state index is 0.164. The number of likely N-dealkylation sites (tertiary alicyclic amines) is 1. The summed E-state index contributed by atoms with van der Waals surface area (Å²) in [5.41, 5.74) is 2.39. The average molecular weight is 394 g/mol. The molecule has 2 saturated heterocycles. The molecular formula is C22H23FN4O2. The number of aromatic nitrogens is 2. The lowest BCUT2D eigenvalue weighted by molar-refractivity contribution is 0.310. The molecule has 5 rings (SSSR count). The third-order valence-corrected chi connectivity index (χ3v) is 6.28. The zero-order valence-electron chi connectivity index (χ0n) is 16.5. The van der Waals surface area contributed by atoms with Crippen molar-refractivity contribution < 1.29 is 9.13 Å². The third kappa shape index (κ3) is 3.06. The number of likely N-dealkylation sites (N-methyl/N-ethyl adjacent to an activating group) is 1. The molecule has 7 heteroatoms. The number of pyridine rings is 1. The number of hydrogen-bond acceptors (Lipinski definition) is 5. The molecule has 0 spiro atoms. The van der Waals surface area contributed by atoms with Gasteiger partial charge in [-0.05, 0) is 56.3 Å². The fraction of sp³-hybridized carbons (Fsp3) is 0.364. The molecule has 0 bridgehead atoms. The lowest BCUT2D eigenvalue weighted by atomic mass is 10.1. The van der Waals surface area contributed by atoms with E-state index in [1.54, 1.807) is 16.5 Å². The second-order valence-corrected chi connectivity index (χ2v) is 7.95. The maximum absolute atomic E-state index is 14.1. The highest BCUT2D eigenvalue weighted by Crippen LogP contribution is 2.33. The predicted molar refractivity (Wildman–Crippen MR) is 110 cm³/mol. The van der Waals surface area contributed by atoms with Crippen molar-refractivity contribution in [2.75, 3.05) is 38.7 Å². The van der Waals surface area contributed by atoms with Gasteiger partial charge in [-0.3, -0.25) is 9.20 Å². The highest BCUT2D eigenvalue weighted by atomic mass is 19.1. The van der Waals surface area contributed by atoms with Crippen molar-refractivity contribution in [1.82, 2.24) is 14.3 Å². The van der Waals surface area contributed by atoms with E-state index in [0.717, 1.165) is 18.8 Å². The molecule has 1 aromatic carbocycles. The van der Waals surface area contributed by atoms with E-state index in [4.69, 9.17) is 4.74 Å². The van der Waals surface area contributed by atoms with Gasteiger partial charge in [0.2, 0.25) is 0 Å². The molecule has 2 aliphatic heterocycles. The van der Waals surface area contributed by atoms with Crippen LogP contribution in [0.4, 0.5) is 10.1 Å². The highest BCUT2D eigenvalue weighted by molar-refractivity contribution is 5.63. The van der Waals surface area contributed by atoms with Crippen LogP contribution in [0, 0.1) is 11.7 Å². The summed E-state index contributed by atoms with van der Waals surface area (Å²) in [4.78, 5) is 22.1. The van der Waals surface area contributed by atoms with Gasteiger partial charge in [0.1, 0.15) is 5.65 Å². The number of hydrogen-bond donors (Lipinski definition) is 0. The van der Waals surface area contributed by atoms with Gasteiger partial charge in [0.15, 0.2) is 11.6 Å². The molecule has 6 nitrogen and oxygen atoms in total. The van der Waals surface area contributed by atoms with Gasteiger partial charge in [-0.25, -0.2) is 9.37 Å². The number of halogens is 1. The van der Waals surface area contributed by atoms with Crippen LogP contribution >= 0.6 is 0 Å². The molecule has 2 aromatic heterocycles. The van der Waals surface area contributed by atoms with Gasteiger partial charge in [-0.1, -0.05) is 0 Å². The van der Waals surface area contributed by atoms with Crippen molar-refractivity contribution in [2.24, 2.45) is 5.92 Å². The van der Waals surface area contributed by atoms with Crippen molar-refractivity contribution in [3.63, 3.8) is 0 Å². The summed E-state index contributed by atoms with van der Waals surface area (Å²) in [5.74, 6) is 0.377. The second kappa shape index (κ2) is 6.84. The number of benzene rings is 1. The zero-order valence-corrected chi connectivity index (χ0v) is 16.5. The Hall–Kier alpha value is -2.93. The average Bonchev–Trinajstić information content (AvgIpc) is 3.30. The Balaban J connectivity index is 1.49. The lowest BCUT2D eigenvalue weighted by Crippen LogP contribution is -2.32. The Morgan fingerprint density at radius 1 is 1.17 bits per heavy atom. The molecule has 3 aromatic rings. The van der Waals surface area contributed by atoms with Crippen molar-refractivity contribution in [3.8, 4) is 17.0 Å². The first-order valence-corrected chi connectivity index (χ1v) is 9.86. The van der Waals surface area contributed by atoms with Gasteiger partial charge in [-0.15, -0.1) is 0 Å². The second-order valence-electron chi connectivity index (χ2n) is 7.95. The Bertz CT molecular complexity index is 1150. The number of rotatable bonds is 3. The van der Waals surface area contributed by atoms with E-state index < -0.39 is 5.82 Å². The fourth-order valence-electron chi connectivity index (χ4n) is 4.64. The SMILES string of the molecule is COc1ccc(-c2cc(=O)n3cc(N4C[C@H]5CCN(C)[C@H]5C4)ccc3n2)cc1F. The van der Waals surface area contributed by atoms with E-state index in [0.29, 0.717) is 28.9 Å². The Labute approximate surface area is 168 Å². The van der Waals surface area contributed by atoms with Crippen LogP contribution in [0.1, 0.15) is 6.42 Å². The largest absolute Gasteiger partial charge is 0.494 e. The van der Waals surface area contributed by atoms with Gasteiger partial charge in [0, 0.05) is 37.0 Å². The predicted octanol–water partition coefficient (Wildman–Crippen LogP) is 2.65. The minimum Gasteiger partial charge on any atom is -0.494 e. The molecule has 150 valence electrons. The summed E-state index contributed by atoms with van der Waals surface area (Å²) in [6, 6.07) is 10.5. The number of anilines is 1. The number of ether oxygens (including phenoxy) is 1. The molecule has 2 aliphatic rings. The summed E-state index contributed by atoms with van der Waals surface area (Å²) in [5, 5.41) is 0. The van der Waals surface area contributed by atoms with E-state index in [-0.39, 0.29) is 11.3 Å². The molecule has 2 fully saturated rings. The topological polar surface area (TPSA) is 50.1 Å². The van der Waals surface area contributed by atoms with Crippen LogP contribution in [0.15, 0.2) is 47.4 Å². The van der Waals surface area contributed by atoms with Crippen molar-refractivity contribution in [3.05, 3.63) is 58.8 Å². The van der Waals surface area contributed by atoms with Crippen LogP contribution < -0.4 is 15.2 Å². The van der Waals surface area contributed by atoms with Gasteiger partial charge in [-0.2, -0.15) is 0 Å². The number of methoxy groups -OCH3 is 1. The maximum atomic E-state index is 14.1. The van der Waals surface area contributed by atoms with Gasteiger partial charge >= 0.3 is 0 Å². The first kappa shape index (κ1) is 18.1. The zero-order chi connectivity index (χ0) is 20.1.